The number of hydrogen-bond donors (Lipinski definition) is 1. The van der Waals surface area contributed by atoms with Crippen LogP contribution in [0.25, 0.3) is 0 Å². The largest absolute Gasteiger partial charge is 0.382 e. The topological polar surface area (TPSA) is 20.2 Å². The SMILES string of the molecule is C=C(C)C(O)C(F)(F)c1ccccc1. The van der Waals surface area contributed by atoms with Crippen LogP contribution in [-0.4, -0.2) is 11.2 Å². The first-order valence-electron chi connectivity index (χ1n) is 4.23. The van der Waals surface area contributed by atoms with Gasteiger partial charge in [0.15, 0.2) is 0 Å². The monoisotopic (exact) mass is 198 g/mol. The van der Waals surface area contributed by atoms with E-state index in [2.05, 4.69) is 6.58 Å². The van der Waals surface area contributed by atoms with E-state index in [1.807, 2.05) is 0 Å². The maximum absolute atomic E-state index is 13.5. The average molecular weight is 198 g/mol. The molecule has 1 nitrogen and oxygen atoms in total. The minimum Gasteiger partial charge on any atom is -0.382 e. The first kappa shape index (κ1) is 10.9. The number of aliphatic hydroxyl groups excluding tert-OH is 1. The quantitative estimate of drug-likeness (QED) is 0.740. The Morgan fingerprint density at radius 1 is 1.36 bits per heavy atom. The molecule has 0 amide bonds. The predicted octanol–water partition coefficient (Wildman–Crippen LogP) is 2.72. The Morgan fingerprint density at radius 2 is 1.86 bits per heavy atom. The first-order valence-corrected chi connectivity index (χ1v) is 4.23. The van der Waals surface area contributed by atoms with Gasteiger partial charge in [0.2, 0.25) is 0 Å². The molecule has 1 N–H and O–H groups in total. The second kappa shape index (κ2) is 3.88. The second-order valence-electron chi connectivity index (χ2n) is 3.24. The van der Waals surface area contributed by atoms with Crippen molar-refractivity contribution < 1.29 is 13.9 Å². The average Bonchev–Trinajstić information content (AvgIpc) is 2.18. The fourth-order valence-corrected chi connectivity index (χ4v) is 1.13. The Hall–Kier alpha value is -1.22. The molecule has 1 rings (SSSR count). The van der Waals surface area contributed by atoms with Gasteiger partial charge >= 0.3 is 5.92 Å². The molecule has 14 heavy (non-hydrogen) atoms. The van der Waals surface area contributed by atoms with Gasteiger partial charge in [0.1, 0.15) is 6.10 Å². The van der Waals surface area contributed by atoms with E-state index in [9.17, 15) is 13.9 Å². The molecule has 0 aromatic heterocycles. The third kappa shape index (κ3) is 1.99. The molecule has 1 aromatic rings. The van der Waals surface area contributed by atoms with E-state index in [-0.39, 0.29) is 11.1 Å². The van der Waals surface area contributed by atoms with Gasteiger partial charge < -0.3 is 5.11 Å². The molecule has 1 atom stereocenters. The highest BCUT2D eigenvalue weighted by atomic mass is 19.3. The molecule has 0 aliphatic carbocycles. The summed E-state index contributed by atoms with van der Waals surface area (Å²) in [4.78, 5) is 0. The summed E-state index contributed by atoms with van der Waals surface area (Å²) in [5.74, 6) is -3.27. The maximum atomic E-state index is 13.5. The van der Waals surface area contributed by atoms with E-state index in [1.165, 1.54) is 31.2 Å². The molecule has 0 aliphatic rings. The Kier molecular flexibility index (Phi) is 3.01. The Labute approximate surface area is 81.7 Å². The van der Waals surface area contributed by atoms with Crippen LogP contribution in [0.15, 0.2) is 42.5 Å². The zero-order valence-corrected chi connectivity index (χ0v) is 7.87. The van der Waals surface area contributed by atoms with Crippen LogP contribution in [0, 0.1) is 0 Å². The number of halogens is 2. The zero-order chi connectivity index (χ0) is 10.8. The van der Waals surface area contributed by atoms with E-state index in [1.54, 1.807) is 6.07 Å². The van der Waals surface area contributed by atoms with Crippen LogP contribution in [0.2, 0.25) is 0 Å². The van der Waals surface area contributed by atoms with Crippen molar-refractivity contribution in [1.82, 2.24) is 0 Å². The lowest BCUT2D eigenvalue weighted by molar-refractivity contribution is -0.0974. The van der Waals surface area contributed by atoms with E-state index < -0.39 is 12.0 Å². The molecule has 0 aliphatic heterocycles. The van der Waals surface area contributed by atoms with Crippen LogP contribution in [-0.2, 0) is 5.92 Å². The van der Waals surface area contributed by atoms with Crippen molar-refractivity contribution in [3.63, 3.8) is 0 Å². The lowest BCUT2D eigenvalue weighted by atomic mass is 9.99. The van der Waals surface area contributed by atoms with Gasteiger partial charge in [0.05, 0.1) is 0 Å². The summed E-state index contributed by atoms with van der Waals surface area (Å²) in [6, 6.07) is 7.23. The third-order valence-electron chi connectivity index (χ3n) is 1.97. The summed E-state index contributed by atoms with van der Waals surface area (Å²) >= 11 is 0. The predicted molar refractivity (Wildman–Crippen MR) is 51.2 cm³/mol. The van der Waals surface area contributed by atoms with E-state index in [4.69, 9.17) is 0 Å². The molecular weight excluding hydrogens is 186 g/mol. The van der Waals surface area contributed by atoms with Crippen LogP contribution in [0.3, 0.4) is 0 Å². The number of hydrogen-bond acceptors (Lipinski definition) is 1. The molecule has 0 radical (unpaired) electrons. The summed E-state index contributed by atoms with van der Waals surface area (Å²) < 4.78 is 27.0. The standard InChI is InChI=1S/C11H12F2O/c1-8(2)10(14)11(12,13)9-6-4-3-5-7-9/h3-7,10,14H,1H2,2H3. The molecule has 0 saturated heterocycles. The second-order valence-corrected chi connectivity index (χ2v) is 3.24. The number of rotatable bonds is 3. The van der Waals surface area contributed by atoms with E-state index in [0.717, 1.165) is 0 Å². The summed E-state index contributed by atoms with van der Waals surface area (Å²) in [7, 11) is 0. The van der Waals surface area contributed by atoms with E-state index in [0.29, 0.717) is 0 Å². The van der Waals surface area contributed by atoms with Crippen molar-refractivity contribution in [1.29, 1.82) is 0 Å². The Bertz CT molecular complexity index is 319. The van der Waals surface area contributed by atoms with Crippen LogP contribution < -0.4 is 0 Å². The van der Waals surface area contributed by atoms with E-state index >= 15 is 0 Å². The fourth-order valence-electron chi connectivity index (χ4n) is 1.13. The number of alkyl halides is 2. The minimum atomic E-state index is -3.27. The van der Waals surface area contributed by atoms with Gasteiger partial charge in [0.25, 0.3) is 0 Å². The molecule has 1 unspecified atom stereocenters. The van der Waals surface area contributed by atoms with Crippen molar-refractivity contribution in [2.45, 2.75) is 19.0 Å². The van der Waals surface area contributed by atoms with Gasteiger partial charge in [-0.2, -0.15) is 8.78 Å². The molecule has 0 bridgehead atoms. The van der Waals surface area contributed by atoms with Gasteiger partial charge in [-0.3, -0.25) is 0 Å². The van der Waals surface area contributed by atoms with Gasteiger partial charge in [0, 0.05) is 5.56 Å². The summed E-state index contributed by atoms with van der Waals surface area (Å²) in [5, 5.41) is 9.26. The van der Waals surface area contributed by atoms with Crippen LogP contribution in [0.4, 0.5) is 8.78 Å². The molecule has 0 saturated carbocycles. The first-order chi connectivity index (χ1) is 6.46. The smallest absolute Gasteiger partial charge is 0.302 e. The van der Waals surface area contributed by atoms with Crippen molar-refractivity contribution in [2.24, 2.45) is 0 Å². The van der Waals surface area contributed by atoms with Crippen molar-refractivity contribution in [3.8, 4) is 0 Å². The number of benzene rings is 1. The molecule has 3 heteroatoms. The normalized spacial score (nSPS) is 13.7. The Balaban J connectivity index is 3.02. The maximum Gasteiger partial charge on any atom is 0.302 e. The highest BCUT2D eigenvalue weighted by Crippen LogP contribution is 2.34. The fraction of sp³-hybridized carbons (Fsp3) is 0.273. The van der Waals surface area contributed by atoms with Crippen LogP contribution >= 0.6 is 0 Å². The molecule has 1 aromatic carbocycles. The molecule has 0 fully saturated rings. The lowest BCUT2D eigenvalue weighted by Crippen LogP contribution is -2.31. The highest BCUT2D eigenvalue weighted by molar-refractivity contribution is 5.24. The van der Waals surface area contributed by atoms with Crippen molar-refractivity contribution in [3.05, 3.63) is 48.0 Å². The molecule has 76 valence electrons. The zero-order valence-electron chi connectivity index (χ0n) is 7.87. The van der Waals surface area contributed by atoms with Gasteiger partial charge in [-0.1, -0.05) is 36.9 Å². The highest BCUT2D eigenvalue weighted by Gasteiger charge is 2.40. The Morgan fingerprint density at radius 3 is 2.29 bits per heavy atom. The number of aliphatic hydroxyl groups is 1. The van der Waals surface area contributed by atoms with Gasteiger partial charge in [-0.05, 0) is 12.5 Å². The van der Waals surface area contributed by atoms with Gasteiger partial charge in [-0.25, -0.2) is 0 Å². The summed E-state index contributed by atoms with van der Waals surface area (Å²) in [6.45, 7) is 4.69. The molecular formula is C11H12F2O. The third-order valence-corrected chi connectivity index (χ3v) is 1.97. The minimum absolute atomic E-state index is 0.0545. The van der Waals surface area contributed by atoms with Crippen molar-refractivity contribution in [2.75, 3.05) is 0 Å². The molecule has 0 heterocycles. The van der Waals surface area contributed by atoms with Crippen LogP contribution in [0.1, 0.15) is 12.5 Å². The van der Waals surface area contributed by atoms with Gasteiger partial charge in [-0.15, -0.1) is 0 Å². The van der Waals surface area contributed by atoms with Crippen LogP contribution in [0.5, 0.6) is 0 Å². The summed E-state index contributed by atoms with van der Waals surface area (Å²) in [6.07, 6.45) is -1.83. The summed E-state index contributed by atoms with van der Waals surface area (Å²) in [5.41, 5.74) is -0.144. The van der Waals surface area contributed by atoms with Crippen molar-refractivity contribution >= 4 is 0 Å². The molecule has 0 spiro atoms. The lowest BCUT2D eigenvalue weighted by Gasteiger charge is -2.22.